The molecule has 0 rings (SSSR count). The lowest BCUT2D eigenvalue weighted by atomic mass is 10.0. The summed E-state index contributed by atoms with van der Waals surface area (Å²) in [5.41, 5.74) is 0. The molecular formula is C56H96O6. The van der Waals surface area contributed by atoms with Crippen molar-refractivity contribution in [2.75, 3.05) is 13.2 Å². The van der Waals surface area contributed by atoms with Crippen LogP contribution in [0.1, 0.15) is 245 Å². The molecule has 0 fully saturated rings. The molecule has 0 aliphatic rings. The Morgan fingerprint density at radius 3 is 1.05 bits per heavy atom. The molecule has 6 nitrogen and oxygen atoms in total. The van der Waals surface area contributed by atoms with E-state index in [1.807, 2.05) is 0 Å². The number of hydrogen-bond acceptors (Lipinski definition) is 6. The molecule has 0 saturated carbocycles. The first kappa shape index (κ1) is 58.9. The molecule has 356 valence electrons. The first-order valence-corrected chi connectivity index (χ1v) is 25.9. The molecule has 0 aliphatic carbocycles. The van der Waals surface area contributed by atoms with E-state index in [4.69, 9.17) is 14.2 Å². The average molecular weight is 865 g/mol. The molecule has 6 heteroatoms. The number of unbranched alkanes of at least 4 members (excludes halogenated alkanes) is 23. The fourth-order valence-electron chi connectivity index (χ4n) is 7.06. The molecule has 62 heavy (non-hydrogen) atoms. The maximum atomic E-state index is 12.8. The van der Waals surface area contributed by atoms with Crippen molar-refractivity contribution >= 4 is 17.9 Å². The van der Waals surface area contributed by atoms with Gasteiger partial charge < -0.3 is 14.2 Å². The minimum absolute atomic E-state index is 0.0989. The monoisotopic (exact) mass is 865 g/mol. The van der Waals surface area contributed by atoms with E-state index in [-0.39, 0.29) is 37.5 Å². The molecule has 0 spiro atoms. The first-order valence-electron chi connectivity index (χ1n) is 25.9. The van der Waals surface area contributed by atoms with Gasteiger partial charge in [-0.05, 0) is 83.5 Å². The van der Waals surface area contributed by atoms with Gasteiger partial charge in [0.1, 0.15) is 13.2 Å². The van der Waals surface area contributed by atoms with Gasteiger partial charge in [-0.15, -0.1) is 0 Å². The second kappa shape index (κ2) is 50.5. The summed E-state index contributed by atoms with van der Waals surface area (Å²) in [6, 6.07) is 0. The van der Waals surface area contributed by atoms with E-state index in [9.17, 15) is 14.4 Å². The largest absolute Gasteiger partial charge is 0.462 e. The molecule has 0 aromatic carbocycles. The highest BCUT2D eigenvalue weighted by Crippen LogP contribution is 2.14. The molecule has 0 aliphatic heterocycles. The number of hydrogen-bond donors (Lipinski definition) is 0. The number of ether oxygens (including phenoxy) is 3. The van der Waals surface area contributed by atoms with Crippen LogP contribution in [0, 0.1) is 0 Å². The minimum atomic E-state index is -0.805. The molecule has 1 atom stereocenters. The summed E-state index contributed by atoms with van der Waals surface area (Å²) in [4.78, 5) is 37.9. The van der Waals surface area contributed by atoms with Crippen molar-refractivity contribution < 1.29 is 28.6 Å². The highest BCUT2D eigenvalue weighted by molar-refractivity contribution is 5.71. The predicted octanol–water partition coefficient (Wildman–Crippen LogP) is 17.0. The lowest BCUT2D eigenvalue weighted by Gasteiger charge is -2.18. The van der Waals surface area contributed by atoms with Crippen LogP contribution in [0.4, 0.5) is 0 Å². The fourth-order valence-corrected chi connectivity index (χ4v) is 7.06. The molecule has 0 saturated heterocycles. The van der Waals surface area contributed by atoms with E-state index in [1.54, 1.807) is 0 Å². The van der Waals surface area contributed by atoms with Crippen LogP contribution in [-0.4, -0.2) is 37.2 Å². The fraction of sp³-hybridized carbons (Fsp3) is 0.732. The second-order valence-corrected chi connectivity index (χ2v) is 17.1. The van der Waals surface area contributed by atoms with Crippen LogP contribution in [0.15, 0.2) is 72.9 Å². The van der Waals surface area contributed by atoms with Crippen LogP contribution in [0.5, 0.6) is 0 Å². The number of carbonyl (C=O) groups excluding carboxylic acids is 3. The van der Waals surface area contributed by atoms with Gasteiger partial charge in [-0.1, -0.05) is 216 Å². The Labute approximate surface area is 382 Å². The lowest BCUT2D eigenvalue weighted by Crippen LogP contribution is -2.30. The van der Waals surface area contributed by atoms with E-state index in [0.29, 0.717) is 19.3 Å². The highest BCUT2D eigenvalue weighted by atomic mass is 16.6. The molecule has 0 unspecified atom stereocenters. The highest BCUT2D eigenvalue weighted by Gasteiger charge is 2.19. The van der Waals surface area contributed by atoms with Crippen molar-refractivity contribution in [2.24, 2.45) is 0 Å². The molecule has 0 heterocycles. The van der Waals surface area contributed by atoms with Gasteiger partial charge >= 0.3 is 17.9 Å². The standard InChI is InChI=1S/C56H96O6/c1-4-7-10-13-16-19-22-25-27-28-30-32-35-38-41-44-47-50-56(59)62-53(51-60-54(57)48-45-42-39-36-33-24-21-18-15-12-9-6-3)52-61-55(58)49-46-43-40-37-34-31-29-26-23-20-17-14-11-8-5-2/h7,10,16,19,25-27,29-30,32,38,41,53H,4-6,8-9,11-15,17-18,20-24,28,31,33-37,39-40,42-52H2,1-3H3/b10-7-,19-16-,27-25-,29-26-,32-30-,41-38-/t53-/m0/s1. The maximum absolute atomic E-state index is 12.8. The Morgan fingerprint density at radius 2 is 0.645 bits per heavy atom. The van der Waals surface area contributed by atoms with Crippen molar-refractivity contribution in [2.45, 2.75) is 252 Å². The summed E-state index contributed by atoms with van der Waals surface area (Å²) in [6.07, 6.45) is 63.2. The van der Waals surface area contributed by atoms with Crippen molar-refractivity contribution in [1.29, 1.82) is 0 Å². The molecule has 0 aromatic rings. The summed E-state index contributed by atoms with van der Waals surface area (Å²) in [6.45, 7) is 6.46. The zero-order valence-electron chi connectivity index (χ0n) is 40.6. The second-order valence-electron chi connectivity index (χ2n) is 17.1. The topological polar surface area (TPSA) is 78.9 Å². The van der Waals surface area contributed by atoms with Crippen molar-refractivity contribution in [3.63, 3.8) is 0 Å². The van der Waals surface area contributed by atoms with Gasteiger partial charge in [0, 0.05) is 19.3 Å². The smallest absolute Gasteiger partial charge is 0.306 e. The molecular weight excluding hydrogens is 769 g/mol. The van der Waals surface area contributed by atoms with E-state index in [2.05, 4.69) is 93.7 Å². The zero-order valence-corrected chi connectivity index (χ0v) is 40.6. The first-order chi connectivity index (χ1) is 30.5. The van der Waals surface area contributed by atoms with Crippen molar-refractivity contribution in [3.05, 3.63) is 72.9 Å². The van der Waals surface area contributed by atoms with Gasteiger partial charge in [0.15, 0.2) is 6.10 Å². The minimum Gasteiger partial charge on any atom is -0.462 e. The molecule has 0 bridgehead atoms. The van der Waals surface area contributed by atoms with Crippen molar-refractivity contribution in [1.82, 2.24) is 0 Å². The van der Waals surface area contributed by atoms with Crippen LogP contribution in [0.2, 0.25) is 0 Å². The molecule has 0 amide bonds. The van der Waals surface area contributed by atoms with Gasteiger partial charge in [0.05, 0.1) is 0 Å². The van der Waals surface area contributed by atoms with E-state index >= 15 is 0 Å². The van der Waals surface area contributed by atoms with Gasteiger partial charge in [-0.25, -0.2) is 0 Å². The third-order valence-corrected chi connectivity index (χ3v) is 10.9. The number of rotatable bonds is 46. The SMILES string of the molecule is CC/C=C\C/C=C\C/C=C\C/C=C\C/C=C\CCCC(=O)O[C@H](COC(=O)CCCCCCC/C=C\CCCCCCCC)COC(=O)CCCCCCCCCCCCCC. The van der Waals surface area contributed by atoms with Crippen LogP contribution in [0.3, 0.4) is 0 Å². The summed E-state index contributed by atoms with van der Waals surface area (Å²) in [5.74, 6) is -0.964. The Kier molecular flexibility index (Phi) is 47.9. The third kappa shape index (κ3) is 47.9. The summed E-state index contributed by atoms with van der Waals surface area (Å²) in [7, 11) is 0. The van der Waals surface area contributed by atoms with E-state index < -0.39 is 6.10 Å². The Bertz CT molecular complexity index is 1180. The van der Waals surface area contributed by atoms with Gasteiger partial charge in [-0.2, -0.15) is 0 Å². The van der Waals surface area contributed by atoms with E-state index in [1.165, 1.54) is 116 Å². The van der Waals surface area contributed by atoms with Gasteiger partial charge in [-0.3, -0.25) is 14.4 Å². The van der Waals surface area contributed by atoms with Gasteiger partial charge in [0.25, 0.3) is 0 Å². The molecule has 0 N–H and O–H groups in total. The number of carbonyl (C=O) groups is 3. The van der Waals surface area contributed by atoms with Crippen LogP contribution < -0.4 is 0 Å². The van der Waals surface area contributed by atoms with Crippen LogP contribution in [0.25, 0.3) is 0 Å². The Hall–Kier alpha value is -3.15. The van der Waals surface area contributed by atoms with Crippen LogP contribution in [-0.2, 0) is 28.6 Å². The lowest BCUT2D eigenvalue weighted by molar-refractivity contribution is -0.167. The Morgan fingerprint density at radius 1 is 0.339 bits per heavy atom. The summed E-state index contributed by atoms with van der Waals surface area (Å²) < 4.78 is 16.7. The number of allylic oxidation sites excluding steroid dienone is 12. The third-order valence-electron chi connectivity index (χ3n) is 10.9. The number of esters is 3. The molecule has 0 aromatic heterocycles. The zero-order chi connectivity index (χ0) is 45.1. The summed E-state index contributed by atoms with van der Waals surface area (Å²) in [5, 5.41) is 0. The average Bonchev–Trinajstić information content (AvgIpc) is 3.27. The van der Waals surface area contributed by atoms with Crippen molar-refractivity contribution in [3.8, 4) is 0 Å². The summed E-state index contributed by atoms with van der Waals surface area (Å²) >= 11 is 0. The quantitative estimate of drug-likeness (QED) is 0.0262. The normalized spacial score (nSPS) is 12.6. The maximum Gasteiger partial charge on any atom is 0.306 e. The Balaban J connectivity index is 4.48. The predicted molar refractivity (Wildman–Crippen MR) is 265 cm³/mol. The molecule has 0 radical (unpaired) electrons. The van der Waals surface area contributed by atoms with Gasteiger partial charge in [0.2, 0.25) is 0 Å². The van der Waals surface area contributed by atoms with Crippen LogP contribution >= 0.6 is 0 Å². The van der Waals surface area contributed by atoms with E-state index in [0.717, 1.165) is 83.5 Å².